The van der Waals surface area contributed by atoms with Crippen LogP contribution in [-0.2, 0) is 0 Å². The summed E-state index contributed by atoms with van der Waals surface area (Å²) in [7, 11) is 4.07. The second-order valence-electron chi connectivity index (χ2n) is 11.2. The molecule has 0 saturated heterocycles. The largest absolute Gasteiger partial charge is 0.494 e. The minimum atomic E-state index is -0.209. The Kier molecular flexibility index (Phi) is 8.03. The molecule has 42 heavy (non-hydrogen) atoms. The summed E-state index contributed by atoms with van der Waals surface area (Å²) in [5, 5.41) is 5.31. The van der Waals surface area contributed by atoms with E-state index in [0.29, 0.717) is 23.3 Å². The van der Waals surface area contributed by atoms with Gasteiger partial charge in [0.15, 0.2) is 5.82 Å². The van der Waals surface area contributed by atoms with Crippen molar-refractivity contribution in [3.05, 3.63) is 105 Å². The Labute approximate surface area is 247 Å². The summed E-state index contributed by atoms with van der Waals surface area (Å²) < 4.78 is 9.60. The molecule has 0 aliphatic heterocycles. The SMILES string of the molecule is CCOc1cc(C)c(-c2nc3ccccc3c(=O)n2N=Cc2cc(C)n(-c3ccc(N(C)C)cc3)c2C)cc1C(C)C. The van der Waals surface area contributed by atoms with Crippen molar-refractivity contribution in [2.75, 3.05) is 25.6 Å². The topological polar surface area (TPSA) is 64.6 Å². The Morgan fingerprint density at radius 2 is 1.71 bits per heavy atom. The van der Waals surface area contributed by atoms with E-state index in [2.05, 4.69) is 73.6 Å². The second-order valence-corrected chi connectivity index (χ2v) is 11.2. The van der Waals surface area contributed by atoms with Gasteiger partial charge in [-0.1, -0.05) is 26.0 Å². The lowest BCUT2D eigenvalue weighted by Crippen LogP contribution is -2.21. The van der Waals surface area contributed by atoms with Gasteiger partial charge in [0, 0.05) is 48.0 Å². The second kappa shape index (κ2) is 11.7. The summed E-state index contributed by atoms with van der Waals surface area (Å²) in [4.78, 5) is 20.9. The van der Waals surface area contributed by atoms with Crippen molar-refractivity contribution < 1.29 is 4.74 Å². The van der Waals surface area contributed by atoms with Crippen LogP contribution in [0.1, 0.15) is 54.8 Å². The van der Waals surface area contributed by atoms with Crippen molar-refractivity contribution in [3.8, 4) is 22.8 Å². The van der Waals surface area contributed by atoms with Crippen molar-refractivity contribution in [1.82, 2.24) is 14.2 Å². The van der Waals surface area contributed by atoms with Crippen molar-refractivity contribution in [3.63, 3.8) is 0 Å². The number of aromatic nitrogens is 3. The zero-order valence-electron chi connectivity index (χ0n) is 25.8. The van der Waals surface area contributed by atoms with Crippen LogP contribution < -0.4 is 15.2 Å². The van der Waals surface area contributed by atoms with E-state index in [1.807, 2.05) is 52.2 Å². The minimum absolute atomic E-state index is 0.209. The summed E-state index contributed by atoms with van der Waals surface area (Å²) in [6, 6.07) is 22.1. The molecular weight excluding hydrogens is 522 g/mol. The van der Waals surface area contributed by atoms with Crippen LogP contribution in [0.25, 0.3) is 28.0 Å². The van der Waals surface area contributed by atoms with Crippen LogP contribution in [-0.4, -0.2) is 41.1 Å². The number of hydrogen-bond donors (Lipinski definition) is 0. The molecule has 0 atom stereocenters. The maximum atomic E-state index is 13.9. The smallest absolute Gasteiger partial charge is 0.282 e. The normalized spacial score (nSPS) is 11.6. The molecule has 0 unspecified atom stereocenters. The van der Waals surface area contributed by atoms with Gasteiger partial charge in [0.05, 0.1) is 23.7 Å². The molecule has 0 N–H and O–H groups in total. The molecule has 0 aliphatic carbocycles. The first-order chi connectivity index (χ1) is 20.1. The molecule has 216 valence electrons. The van der Waals surface area contributed by atoms with Crippen LogP contribution in [0.4, 0.5) is 5.69 Å². The monoisotopic (exact) mass is 561 g/mol. The van der Waals surface area contributed by atoms with E-state index < -0.39 is 0 Å². The van der Waals surface area contributed by atoms with Crippen molar-refractivity contribution in [2.24, 2.45) is 5.10 Å². The number of rotatable bonds is 8. The molecule has 0 radical (unpaired) electrons. The summed E-state index contributed by atoms with van der Waals surface area (Å²) in [6.07, 6.45) is 1.77. The van der Waals surface area contributed by atoms with E-state index in [9.17, 15) is 4.79 Å². The minimum Gasteiger partial charge on any atom is -0.494 e. The first-order valence-electron chi connectivity index (χ1n) is 14.4. The molecule has 0 aliphatic rings. The molecule has 3 aromatic carbocycles. The lowest BCUT2D eigenvalue weighted by atomic mass is 9.96. The third-order valence-electron chi connectivity index (χ3n) is 7.68. The molecule has 0 bridgehead atoms. The maximum Gasteiger partial charge on any atom is 0.282 e. The van der Waals surface area contributed by atoms with Gasteiger partial charge in [-0.2, -0.15) is 9.78 Å². The number of nitrogens with zero attached hydrogens (tertiary/aromatic N) is 5. The van der Waals surface area contributed by atoms with Crippen LogP contribution in [0.15, 0.2) is 76.6 Å². The van der Waals surface area contributed by atoms with E-state index in [1.54, 1.807) is 12.3 Å². The van der Waals surface area contributed by atoms with Crippen molar-refractivity contribution in [2.45, 2.75) is 47.5 Å². The molecule has 7 heteroatoms. The van der Waals surface area contributed by atoms with Gasteiger partial charge < -0.3 is 14.2 Å². The van der Waals surface area contributed by atoms with E-state index in [4.69, 9.17) is 14.8 Å². The highest BCUT2D eigenvalue weighted by molar-refractivity contribution is 5.84. The zero-order valence-corrected chi connectivity index (χ0v) is 25.8. The average Bonchev–Trinajstić information content (AvgIpc) is 3.25. The fourth-order valence-corrected chi connectivity index (χ4v) is 5.41. The third kappa shape index (κ3) is 5.34. The first-order valence-corrected chi connectivity index (χ1v) is 14.4. The van der Waals surface area contributed by atoms with Gasteiger partial charge in [-0.3, -0.25) is 4.79 Å². The van der Waals surface area contributed by atoms with Gasteiger partial charge in [0.25, 0.3) is 5.56 Å². The predicted molar refractivity (Wildman–Crippen MR) is 174 cm³/mol. The lowest BCUT2D eigenvalue weighted by molar-refractivity contribution is 0.335. The fourth-order valence-electron chi connectivity index (χ4n) is 5.41. The molecule has 0 amide bonds. The number of anilines is 1. The number of para-hydroxylation sites is 1. The molecule has 2 aromatic heterocycles. The van der Waals surface area contributed by atoms with Crippen LogP contribution in [0.2, 0.25) is 0 Å². The predicted octanol–water partition coefficient (Wildman–Crippen LogP) is 7.25. The Bertz CT molecular complexity index is 1840. The number of benzene rings is 3. The Balaban J connectivity index is 1.66. The Hall–Kier alpha value is -4.65. The highest BCUT2D eigenvalue weighted by Gasteiger charge is 2.19. The van der Waals surface area contributed by atoms with E-state index in [-0.39, 0.29) is 11.5 Å². The van der Waals surface area contributed by atoms with Crippen molar-refractivity contribution >= 4 is 22.8 Å². The van der Waals surface area contributed by atoms with Crippen LogP contribution in [0.3, 0.4) is 0 Å². The number of hydrogen-bond acceptors (Lipinski definition) is 5. The summed E-state index contributed by atoms with van der Waals surface area (Å²) in [5.74, 6) is 1.59. The zero-order chi connectivity index (χ0) is 30.1. The molecule has 0 fully saturated rings. The first kappa shape index (κ1) is 28.9. The highest BCUT2D eigenvalue weighted by atomic mass is 16.5. The lowest BCUT2D eigenvalue weighted by Gasteiger charge is -2.18. The number of aryl methyl sites for hydroxylation is 2. The molecule has 5 aromatic rings. The molecule has 7 nitrogen and oxygen atoms in total. The van der Waals surface area contributed by atoms with Gasteiger partial charge in [0.2, 0.25) is 0 Å². The van der Waals surface area contributed by atoms with E-state index in [0.717, 1.165) is 50.8 Å². The van der Waals surface area contributed by atoms with Gasteiger partial charge >= 0.3 is 0 Å². The van der Waals surface area contributed by atoms with Gasteiger partial charge in [-0.15, -0.1) is 0 Å². The molecular formula is C35H39N5O2. The summed E-state index contributed by atoms with van der Waals surface area (Å²) in [5.41, 5.74) is 8.59. The fraction of sp³-hybridized carbons (Fsp3) is 0.286. The maximum absolute atomic E-state index is 13.9. The van der Waals surface area contributed by atoms with E-state index in [1.165, 1.54) is 4.68 Å². The molecule has 0 saturated carbocycles. The molecule has 2 heterocycles. The average molecular weight is 562 g/mol. The van der Waals surface area contributed by atoms with Gasteiger partial charge in [0.1, 0.15) is 5.75 Å². The summed E-state index contributed by atoms with van der Waals surface area (Å²) in [6.45, 7) is 13.0. The Morgan fingerprint density at radius 3 is 2.38 bits per heavy atom. The molecule has 0 spiro atoms. The number of ether oxygens (including phenoxy) is 1. The Morgan fingerprint density at radius 1 is 1.00 bits per heavy atom. The number of fused-ring (bicyclic) bond motifs is 1. The van der Waals surface area contributed by atoms with Crippen LogP contribution in [0, 0.1) is 20.8 Å². The van der Waals surface area contributed by atoms with Crippen LogP contribution >= 0.6 is 0 Å². The quantitative estimate of drug-likeness (QED) is 0.187. The van der Waals surface area contributed by atoms with Gasteiger partial charge in [-0.05, 0) is 99.3 Å². The van der Waals surface area contributed by atoms with E-state index >= 15 is 0 Å². The van der Waals surface area contributed by atoms with Crippen molar-refractivity contribution in [1.29, 1.82) is 0 Å². The highest BCUT2D eigenvalue weighted by Crippen LogP contribution is 2.34. The standard InChI is InChI=1S/C35H39N5O2/c1-9-42-33-18-23(4)31(20-30(33)22(2)3)34-37-32-13-11-10-12-29(32)35(41)40(34)36-21-26-19-24(5)39(25(26)6)28-16-14-27(15-17-28)38(7)8/h10-22H,9H2,1-8H3. The van der Waals surface area contributed by atoms with Crippen LogP contribution in [0.5, 0.6) is 5.75 Å². The van der Waals surface area contributed by atoms with Gasteiger partial charge in [-0.25, -0.2) is 4.98 Å². The third-order valence-corrected chi connectivity index (χ3v) is 7.68. The summed E-state index contributed by atoms with van der Waals surface area (Å²) >= 11 is 0. The molecule has 5 rings (SSSR count).